The van der Waals surface area contributed by atoms with Gasteiger partial charge in [-0.1, -0.05) is 6.58 Å². The van der Waals surface area contributed by atoms with Gasteiger partial charge in [0.25, 0.3) is 0 Å². The van der Waals surface area contributed by atoms with Crippen LogP contribution in [0.15, 0.2) is 12.2 Å². The van der Waals surface area contributed by atoms with Gasteiger partial charge in [-0.25, -0.2) is 9.59 Å². The van der Waals surface area contributed by atoms with E-state index in [4.69, 9.17) is 14.2 Å². The second-order valence-corrected chi connectivity index (χ2v) is 5.90. The lowest BCUT2D eigenvalue weighted by molar-refractivity contribution is -0.268. The van der Waals surface area contributed by atoms with Gasteiger partial charge in [-0.05, 0) is 27.7 Å². The Morgan fingerprint density at radius 1 is 1.33 bits per heavy atom. The number of hydrogen-bond acceptors (Lipinski definition) is 5. The first-order valence-electron chi connectivity index (χ1n) is 6.49. The zero-order valence-corrected chi connectivity index (χ0v) is 12.6. The molecule has 1 rings (SSSR count). The van der Waals surface area contributed by atoms with Gasteiger partial charge >= 0.3 is 17.9 Å². The Morgan fingerprint density at radius 3 is 2.43 bits per heavy atom. The molecular weight excluding hydrogens is 286 g/mol. The molecule has 1 aliphatic heterocycles. The largest absolute Gasteiger partial charge is 0.460 e. The molecule has 1 heterocycles. The minimum absolute atomic E-state index is 0.173. The summed E-state index contributed by atoms with van der Waals surface area (Å²) in [5.74, 6) is -6.00. The van der Waals surface area contributed by atoms with Crippen LogP contribution in [0.5, 0.6) is 0 Å². The van der Waals surface area contributed by atoms with E-state index in [1.165, 1.54) is 20.8 Å². The number of esters is 2. The van der Waals surface area contributed by atoms with Gasteiger partial charge in [-0.2, -0.15) is 8.78 Å². The van der Waals surface area contributed by atoms with E-state index in [0.717, 1.165) is 6.92 Å². The minimum Gasteiger partial charge on any atom is -0.460 e. The van der Waals surface area contributed by atoms with Gasteiger partial charge in [0.1, 0.15) is 17.8 Å². The Labute approximate surface area is 122 Å². The lowest BCUT2D eigenvalue weighted by atomic mass is 9.82. The summed E-state index contributed by atoms with van der Waals surface area (Å²) in [5, 5.41) is 0. The summed E-state index contributed by atoms with van der Waals surface area (Å²) in [6, 6.07) is 0. The van der Waals surface area contributed by atoms with Crippen LogP contribution in [0.3, 0.4) is 0 Å². The molecule has 5 nitrogen and oxygen atoms in total. The van der Waals surface area contributed by atoms with Crippen LogP contribution in [-0.2, 0) is 23.8 Å². The molecule has 1 aliphatic rings. The molecule has 1 unspecified atom stereocenters. The van der Waals surface area contributed by atoms with E-state index >= 15 is 0 Å². The molecule has 1 saturated heterocycles. The van der Waals surface area contributed by atoms with Crippen molar-refractivity contribution < 1.29 is 32.6 Å². The molecule has 0 aliphatic carbocycles. The summed E-state index contributed by atoms with van der Waals surface area (Å²) in [6.07, 6.45) is -0.173. The minimum atomic E-state index is -3.76. The van der Waals surface area contributed by atoms with Crippen LogP contribution in [0.2, 0.25) is 0 Å². The number of ether oxygens (including phenoxy) is 3. The quantitative estimate of drug-likeness (QED) is 0.443. The van der Waals surface area contributed by atoms with E-state index in [-0.39, 0.29) is 25.2 Å². The van der Waals surface area contributed by atoms with Crippen molar-refractivity contribution in [2.45, 2.75) is 51.2 Å². The maximum atomic E-state index is 14.0. The van der Waals surface area contributed by atoms with Crippen molar-refractivity contribution >= 4 is 11.9 Å². The molecule has 0 amide bonds. The molecule has 120 valence electrons. The maximum absolute atomic E-state index is 14.0. The molecule has 0 aromatic rings. The fourth-order valence-corrected chi connectivity index (χ4v) is 2.16. The van der Waals surface area contributed by atoms with Crippen molar-refractivity contribution in [3.05, 3.63) is 12.2 Å². The van der Waals surface area contributed by atoms with Gasteiger partial charge in [0.15, 0.2) is 0 Å². The average Bonchev–Trinajstić information content (AvgIpc) is 2.31. The van der Waals surface area contributed by atoms with Gasteiger partial charge in [0.05, 0.1) is 6.61 Å². The number of carbonyl (C=O) groups excluding carboxylic acids is 2. The first-order valence-corrected chi connectivity index (χ1v) is 6.49. The zero-order chi connectivity index (χ0) is 16.5. The summed E-state index contributed by atoms with van der Waals surface area (Å²) in [5.41, 5.74) is -2.86. The third-order valence-corrected chi connectivity index (χ3v) is 3.14. The molecule has 1 atom stereocenters. The Bertz CT molecular complexity index is 458. The van der Waals surface area contributed by atoms with Crippen molar-refractivity contribution in [3.8, 4) is 0 Å². The van der Waals surface area contributed by atoms with Crippen LogP contribution in [0.4, 0.5) is 8.78 Å². The van der Waals surface area contributed by atoms with Crippen molar-refractivity contribution in [2.75, 3.05) is 13.2 Å². The van der Waals surface area contributed by atoms with Gasteiger partial charge < -0.3 is 14.2 Å². The Balaban J connectivity index is 2.67. The molecule has 0 radical (unpaired) electrons. The van der Waals surface area contributed by atoms with Crippen LogP contribution in [0, 0.1) is 0 Å². The molecule has 0 aromatic heterocycles. The van der Waals surface area contributed by atoms with Crippen molar-refractivity contribution in [2.24, 2.45) is 0 Å². The second-order valence-electron chi connectivity index (χ2n) is 5.90. The first kappa shape index (κ1) is 17.6. The zero-order valence-electron chi connectivity index (χ0n) is 12.6. The normalized spacial score (nSPS) is 26.9. The van der Waals surface area contributed by atoms with Crippen molar-refractivity contribution in [1.82, 2.24) is 0 Å². The molecule has 21 heavy (non-hydrogen) atoms. The van der Waals surface area contributed by atoms with Gasteiger partial charge in [0.2, 0.25) is 0 Å². The Kier molecular flexibility index (Phi) is 4.77. The van der Waals surface area contributed by atoms with Crippen LogP contribution >= 0.6 is 0 Å². The monoisotopic (exact) mass is 306 g/mol. The molecule has 0 aromatic carbocycles. The highest BCUT2D eigenvalue weighted by Gasteiger charge is 2.64. The topological polar surface area (TPSA) is 61.8 Å². The third kappa shape index (κ3) is 3.78. The number of hydrogen-bond donors (Lipinski definition) is 0. The Hall–Kier alpha value is -1.50. The van der Waals surface area contributed by atoms with Gasteiger partial charge in [0, 0.05) is 12.0 Å². The summed E-state index contributed by atoms with van der Waals surface area (Å²) in [7, 11) is 0. The van der Waals surface area contributed by atoms with E-state index in [1.54, 1.807) is 0 Å². The number of halogens is 2. The highest BCUT2D eigenvalue weighted by atomic mass is 19.3. The van der Waals surface area contributed by atoms with Crippen LogP contribution in [0.1, 0.15) is 34.1 Å². The van der Waals surface area contributed by atoms with E-state index in [9.17, 15) is 18.4 Å². The predicted molar refractivity (Wildman–Crippen MR) is 69.9 cm³/mol. The highest BCUT2D eigenvalue weighted by molar-refractivity contribution is 5.86. The van der Waals surface area contributed by atoms with Gasteiger partial charge in [-0.15, -0.1) is 0 Å². The molecule has 0 bridgehead atoms. The van der Waals surface area contributed by atoms with Crippen molar-refractivity contribution in [3.63, 3.8) is 0 Å². The third-order valence-electron chi connectivity index (χ3n) is 3.14. The SMILES string of the molecule is C=C(C)C(=O)OCCOC1(C)CC(C)(C)OC(=O)C1(F)F. The predicted octanol–water partition coefficient (Wildman–Crippen LogP) is 2.24. The fourth-order valence-electron chi connectivity index (χ4n) is 2.16. The number of carbonyl (C=O) groups is 2. The standard InChI is InChI=1S/C14H20F2O5/c1-9(2)10(17)19-6-7-20-13(5)8-12(3,4)21-11(18)14(13,15)16/h1,6-8H2,2-5H3. The lowest BCUT2D eigenvalue weighted by Gasteiger charge is -2.45. The summed E-state index contributed by atoms with van der Waals surface area (Å²) in [6.45, 7) is 8.62. The van der Waals surface area contributed by atoms with Gasteiger partial charge in [-0.3, -0.25) is 0 Å². The molecular formula is C14H20F2O5. The molecule has 0 saturated carbocycles. The second kappa shape index (κ2) is 5.71. The van der Waals surface area contributed by atoms with E-state index < -0.39 is 29.1 Å². The summed E-state index contributed by atoms with van der Waals surface area (Å²) in [4.78, 5) is 22.6. The Morgan fingerprint density at radius 2 is 1.90 bits per heavy atom. The van der Waals surface area contributed by atoms with Crippen LogP contribution in [0.25, 0.3) is 0 Å². The molecule has 0 spiro atoms. The molecule has 0 N–H and O–H groups in total. The number of rotatable bonds is 5. The van der Waals surface area contributed by atoms with E-state index in [0.29, 0.717) is 0 Å². The van der Waals surface area contributed by atoms with E-state index in [2.05, 4.69) is 6.58 Å². The van der Waals surface area contributed by atoms with Crippen molar-refractivity contribution in [1.29, 1.82) is 0 Å². The summed E-state index contributed by atoms with van der Waals surface area (Å²) >= 11 is 0. The maximum Gasteiger partial charge on any atom is 0.380 e. The first-order chi connectivity index (χ1) is 9.41. The summed E-state index contributed by atoms with van der Waals surface area (Å²) < 4.78 is 42.6. The smallest absolute Gasteiger partial charge is 0.380 e. The molecule has 1 fully saturated rings. The molecule has 7 heteroatoms. The fraction of sp³-hybridized carbons (Fsp3) is 0.714. The lowest BCUT2D eigenvalue weighted by Crippen LogP contribution is -2.62. The van der Waals surface area contributed by atoms with Crippen LogP contribution < -0.4 is 0 Å². The van der Waals surface area contributed by atoms with E-state index in [1.807, 2.05) is 0 Å². The highest BCUT2D eigenvalue weighted by Crippen LogP contribution is 2.44. The average molecular weight is 306 g/mol. The number of alkyl halides is 2. The number of cyclic esters (lactones) is 1. The van der Waals surface area contributed by atoms with Crippen LogP contribution in [-0.4, -0.2) is 42.3 Å².